The number of aryl methyl sites for hydroxylation is 3. The van der Waals surface area contributed by atoms with Crippen LogP contribution in [0, 0.1) is 0 Å². The standard InChI is InChI=1S/C24H34N6O3S.Na/c1-28(19-8-5-9-19)12-13-30(20-15-25-29(2)16-20)34(32,33)27-24(31)26-23-21-10-3-6-17(21)14-18-7-4-11-22(18)23;/h14-16,19H,3-13H2,1-2H3,(H2,26,27,31);/q;+1/p-1. The summed E-state index contributed by atoms with van der Waals surface area (Å²) in [6, 6.07) is 1.92. The Morgan fingerprint density at radius 1 is 1.11 bits per heavy atom. The van der Waals surface area contributed by atoms with E-state index < -0.39 is 16.2 Å². The Labute approximate surface area is 230 Å². The zero-order chi connectivity index (χ0) is 23.9. The third-order valence-electron chi connectivity index (χ3n) is 7.51. The van der Waals surface area contributed by atoms with Crippen molar-refractivity contribution < 1.29 is 42.8 Å². The molecule has 3 aliphatic rings. The maximum Gasteiger partial charge on any atom is 1.00 e. The second-order valence-electron chi connectivity index (χ2n) is 9.74. The van der Waals surface area contributed by atoms with Crippen LogP contribution in [0.4, 0.5) is 16.2 Å². The molecular weight excluding hydrogens is 475 g/mol. The van der Waals surface area contributed by atoms with E-state index in [0.29, 0.717) is 18.3 Å². The van der Waals surface area contributed by atoms with Crippen LogP contribution in [-0.4, -0.2) is 55.3 Å². The molecule has 1 N–H and O–H groups in total. The summed E-state index contributed by atoms with van der Waals surface area (Å²) in [6.45, 7) is 0.754. The first kappa shape index (κ1) is 26.5. The summed E-state index contributed by atoms with van der Waals surface area (Å²) in [4.78, 5) is 15.1. The van der Waals surface area contributed by atoms with Gasteiger partial charge in [0.25, 0.3) is 10.2 Å². The second kappa shape index (κ2) is 10.8. The number of rotatable bonds is 8. The van der Waals surface area contributed by atoms with Gasteiger partial charge < -0.3 is 14.9 Å². The maximum absolute atomic E-state index is 13.3. The molecule has 1 aromatic heterocycles. The van der Waals surface area contributed by atoms with Crippen molar-refractivity contribution in [3.8, 4) is 0 Å². The fourth-order valence-electron chi connectivity index (χ4n) is 5.42. The Balaban J connectivity index is 0.00000289. The van der Waals surface area contributed by atoms with E-state index in [1.807, 2.05) is 7.05 Å². The molecule has 35 heavy (non-hydrogen) atoms. The SMILES string of the molecule is CN(CCN(c1cnn(C)c1)S(=O)(=O)[N-]C(=O)Nc1c2c(cc3c1CCC3)CCC2)C1CCC1.[Na+]. The van der Waals surface area contributed by atoms with Crippen LogP contribution in [0.2, 0.25) is 0 Å². The van der Waals surface area contributed by atoms with Crippen LogP contribution in [0.15, 0.2) is 18.5 Å². The van der Waals surface area contributed by atoms with Gasteiger partial charge in [0.05, 0.1) is 11.9 Å². The monoisotopic (exact) mass is 508 g/mol. The first-order chi connectivity index (χ1) is 16.3. The van der Waals surface area contributed by atoms with Gasteiger partial charge in [-0.2, -0.15) is 5.10 Å². The van der Waals surface area contributed by atoms with Crippen LogP contribution in [0.25, 0.3) is 4.72 Å². The van der Waals surface area contributed by atoms with Crippen molar-refractivity contribution in [1.82, 2.24) is 14.7 Å². The minimum atomic E-state index is -4.25. The third-order valence-corrected chi connectivity index (χ3v) is 8.86. The van der Waals surface area contributed by atoms with Crippen molar-refractivity contribution in [2.24, 2.45) is 7.05 Å². The minimum Gasteiger partial charge on any atom is -0.423 e. The van der Waals surface area contributed by atoms with Crippen LogP contribution < -0.4 is 39.2 Å². The quantitative estimate of drug-likeness (QED) is 0.525. The Hall–Kier alpha value is -1.59. The Kier molecular flexibility index (Phi) is 8.17. The van der Waals surface area contributed by atoms with Gasteiger partial charge in [0.1, 0.15) is 0 Å². The fraction of sp³-hybridized carbons (Fsp3) is 0.583. The van der Waals surface area contributed by atoms with E-state index in [2.05, 4.69) is 26.1 Å². The molecule has 0 unspecified atom stereocenters. The number of anilines is 2. The number of nitrogens with one attached hydrogen (secondary N) is 1. The van der Waals surface area contributed by atoms with E-state index in [1.54, 1.807) is 17.9 Å². The van der Waals surface area contributed by atoms with Gasteiger partial charge in [-0.25, -0.2) is 8.42 Å². The molecule has 0 spiro atoms. The molecular formula is C24H33N6NaO3S. The smallest absolute Gasteiger partial charge is 0.423 e. The molecule has 3 aliphatic carbocycles. The number of benzene rings is 1. The number of hydrogen-bond donors (Lipinski definition) is 1. The zero-order valence-electron chi connectivity index (χ0n) is 21.0. The van der Waals surface area contributed by atoms with Gasteiger partial charge in [0.2, 0.25) is 0 Å². The van der Waals surface area contributed by atoms with E-state index in [9.17, 15) is 13.2 Å². The van der Waals surface area contributed by atoms with Crippen molar-refractivity contribution in [2.45, 2.75) is 63.8 Å². The van der Waals surface area contributed by atoms with Crippen LogP contribution in [0.1, 0.15) is 54.4 Å². The first-order valence-electron chi connectivity index (χ1n) is 12.2. The maximum atomic E-state index is 13.3. The predicted molar refractivity (Wildman–Crippen MR) is 133 cm³/mol. The van der Waals surface area contributed by atoms with E-state index in [1.165, 1.54) is 28.0 Å². The number of carbonyl (C=O) groups is 1. The van der Waals surface area contributed by atoms with Gasteiger partial charge in [-0.3, -0.25) is 13.8 Å². The number of hydrogen-bond acceptors (Lipinski definition) is 5. The molecule has 0 radical (unpaired) electrons. The first-order valence-corrected chi connectivity index (χ1v) is 13.6. The van der Waals surface area contributed by atoms with Gasteiger partial charge in [-0.1, -0.05) is 12.5 Å². The Bertz CT molecular complexity index is 1160. The van der Waals surface area contributed by atoms with Gasteiger partial charge >= 0.3 is 29.6 Å². The van der Waals surface area contributed by atoms with E-state index in [4.69, 9.17) is 0 Å². The molecule has 1 aromatic carbocycles. The number of urea groups is 1. The van der Waals surface area contributed by atoms with Crippen LogP contribution >= 0.6 is 0 Å². The number of nitrogens with zero attached hydrogens (tertiary/aromatic N) is 5. The molecule has 1 heterocycles. The summed E-state index contributed by atoms with van der Waals surface area (Å²) in [6.07, 6.45) is 12.5. The average Bonchev–Trinajstić information content (AvgIpc) is 3.47. The van der Waals surface area contributed by atoms with Crippen molar-refractivity contribution >= 4 is 27.6 Å². The summed E-state index contributed by atoms with van der Waals surface area (Å²) in [5.74, 6) is 0. The molecule has 0 atom stereocenters. The molecule has 5 rings (SSSR count). The summed E-state index contributed by atoms with van der Waals surface area (Å²) < 4.78 is 33.1. The Morgan fingerprint density at radius 2 is 1.77 bits per heavy atom. The topological polar surface area (TPSA) is 102 Å². The summed E-state index contributed by atoms with van der Waals surface area (Å²) in [5.41, 5.74) is 6.04. The molecule has 0 saturated heterocycles. The van der Waals surface area contributed by atoms with Gasteiger partial charge in [0, 0.05) is 32.4 Å². The van der Waals surface area contributed by atoms with Crippen LogP contribution in [0.3, 0.4) is 0 Å². The van der Waals surface area contributed by atoms with E-state index in [-0.39, 0.29) is 36.1 Å². The van der Waals surface area contributed by atoms with Crippen molar-refractivity contribution in [3.05, 3.63) is 45.4 Å². The van der Waals surface area contributed by atoms with Crippen LogP contribution in [0.5, 0.6) is 0 Å². The number of likely N-dealkylation sites (N-methyl/N-ethyl adjacent to an activating group) is 1. The summed E-state index contributed by atoms with van der Waals surface area (Å²) >= 11 is 0. The molecule has 9 nitrogen and oxygen atoms in total. The molecule has 184 valence electrons. The molecule has 1 fully saturated rings. The third kappa shape index (κ3) is 5.56. The summed E-state index contributed by atoms with van der Waals surface area (Å²) in [5, 5.41) is 6.99. The van der Waals surface area contributed by atoms with Crippen molar-refractivity contribution in [3.63, 3.8) is 0 Å². The van der Waals surface area contributed by atoms with Crippen LogP contribution in [-0.2, 0) is 42.9 Å². The molecule has 0 bridgehead atoms. The number of carbonyl (C=O) groups excluding carboxylic acids is 1. The summed E-state index contributed by atoms with van der Waals surface area (Å²) in [7, 11) is -0.510. The molecule has 2 aromatic rings. The second-order valence-corrected chi connectivity index (χ2v) is 11.3. The fourth-order valence-corrected chi connectivity index (χ4v) is 6.45. The van der Waals surface area contributed by atoms with Crippen molar-refractivity contribution in [1.29, 1.82) is 0 Å². The molecule has 0 aliphatic heterocycles. The molecule has 2 amide bonds. The normalized spacial score (nSPS) is 16.9. The predicted octanol–water partition coefficient (Wildman–Crippen LogP) is 0.543. The minimum absolute atomic E-state index is 0. The molecule has 11 heteroatoms. The van der Waals surface area contributed by atoms with Gasteiger partial charge in [-0.15, -0.1) is 0 Å². The van der Waals surface area contributed by atoms with Gasteiger partial charge in [-0.05, 0) is 86.4 Å². The van der Waals surface area contributed by atoms with E-state index >= 15 is 0 Å². The number of fused-ring (bicyclic) bond motifs is 2. The van der Waals surface area contributed by atoms with E-state index in [0.717, 1.165) is 68.2 Å². The zero-order valence-corrected chi connectivity index (χ0v) is 23.8. The number of aromatic nitrogens is 2. The van der Waals surface area contributed by atoms with Crippen molar-refractivity contribution in [2.75, 3.05) is 29.8 Å². The number of amides is 2. The van der Waals surface area contributed by atoms with Gasteiger partial charge in [0.15, 0.2) is 6.03 Å². The largest absolute Gasteiger partial charge is 1.00 e. The Morgan fingerprint density at radius 3 is 2.31 bits per heavy atom. The average molecular weight is 509 g/mol. The molecule has 1 saturated carbocycles.